The van der Waals surface area contributed by atoms with E-state index in [0.717, 1.165) is 23.7 Å². The third-order valence-electron chi connectivity index (χ3n) is 4.29. The molecule has 0 atom stereocenters. The van der Waals surface area contributed by atoms with Crippen molar-refractivity contribution in [1.82, 2.24) is 5.32 Å². The lowest BCUT2D eigenvalue weighted by Crippen LogP contribution is -2.38. The van der Waals surface area contributed by atoms with E-state index in [1.54, 1.807) is 12.1 Å². The van der Waals surface area contributed by atoms with Crippen molar-refractivity contribution in [3.63, 3.8) is 0 Å². The largest absolute Gasteiger partial charge is 0.493 e. The summed E-state index contributed by atoms with van der Waals surface area (Å²) in [5, 5.41) is 2.71. The minimum atomic E-state index is -0.292. The van der Waals surface area contributed by atoms with Crippen molar-refractivity contribution in [2.75, 3.05) is 6.61 Å². The highest BCUT2D eigenvalue weighted by Crippen LogP contribution is 2.23. The second-order valence-electron chi connectivity index (χ2n) is 6.46. The smallest absolute Gasteiger partial charge is 0.261 e. The van der Waals surface area contributed by atoms with Crippen LogP contribution in [0.25, 0.3) is 0 Å². The molecule has 1 aromatic rings. The molecule has 0 saturated heterocycles. The third-order valence-corrected chi connectivity index (χ3v) is 4.78. The normalized spacial score (nSPS) is 16.8. The number of guanidine groups is 1. The first-order chi connectivity index (χ1) is 12.1. The molecule has 0 aromatic heterocycles. The van der Waals surface area contributed by atoms with E-state index in [9.17, 15) is 4.79 Å². The highest BCUT2D eigenvalue weighted by Gasteiger charge is 2.16. The molecule has 3 N–H and O–H groups in total. The number of amides is 1. The zero-order valence-corrected chi connectivity index (χ0v) is 16.5. The van der Waals surface area contributed by atoms with Gasteiger partial charge in [0.2, 0.25) is 0 Å². The van der Waals surface area contributed by atoms with Crippen LogP contribution in [0.2, 0.25) is 0 Å². The van der Waals surface area contributed by atoms with E-state index >= 15 is 0 Å². The molecule has 1 fully saturated rings. The van der Waals surface area contributed by atoms with Gasteiger partial charge in [0.15, 0.2) is 5.96 Å². The Morgan fingerprint density at radius 2 is 1.96 bits per heavy atom. The molecule has 138 valence electrons. The first kappa shape index (κ1) is 19.8. The van der Waals surface area contributed by atoms with Crippen molar-refractivity contribution in [3.8, 4) is 5.75 Å². The Morgan fingerprint density at radius 1 is 1.28 bits per heavy atom. The summed E-state index contributed by atoms with van der Waals surface area (Å²) in [6, 6.07) is 5.59. The third kappa shape index (κ3) is 6.69. The van der Waals surface area contributed by atoms with Gasteiger partial charge in [-0.25, -0.2) is 4.99 Å². The summed E-state index contributed by atoms with van der Waals surface area (Å²) >= 11 is 3.40. The number of rotatable bonds is 5. The van der Waals surface area contributed by atoms with E-state index in [-0.39, 0.29) is 17.9 Å². The first-order valence-corrected chi connectivity index (χ1v) is 9.96. The van der Waals surface area contributed by atoms with Gasteiger partial charge < -0.3 is 10.5 Å². The highest BCUT2D eigenvalue weighted by atomic mass is 79.9. The number of hydrogen-bond acceptors (Lipinski definition) is 3. The Kier molecular flexibility index (Phi) is 8.25. The van der Waals surface area contributed by atoms with Gasteiger partial charge in [0.05, 0.1) is 18.2 Å². The minimum absolute atomic E-state index is 0.192. The van der Waals surface area contributed by atoms with E-state index in [1.807, 2.05) is 13.0 Å². The maximum absolute atomic E-state index is 12.6. The summed E-state index contributed by atoms with van der Waals surface area (Å²) in [5.41, 5.74) is 6.44. The van der Waals surface area contributed by atoms with Crippen LogP contribution in [0.15, 0.2) is 27.7 Å². The zero-order valence-electron chi connectivity index (χ0n) is 14.9. The average molecular weight is 410 g/mol. The van der Waals surface area contributed by atoms with Gasteiger partial charge >= 0.3 is 0 Å². The first-order valence-electron chi connectivity index (χ1n) is 9.17. The average Bonchev–Trinajstić information content (AvgIpc) is 2.56. The number of nitrogens with one attached hydrogen (secondary N) is 1. The number of carbonyl (C=O) groups excluding carboxylic acids is 1. The lowest BCUT2D eigenvalue weighted by atomic mass is 9.97. The molecule has 0 heterocycles. The molecule has 1 aromatic carbocycles. The van der Waals surface area contributed by atoms with Crippen molar-refractivity contribution < 1.29 is 9.53 Å². The topological polar surface area (TPSA) is 76.7 Å². The number of nitrogens with two attached hydrogens (primary N) is 1. The standard InChI is InChI=1S/C19H28BrN3O2/c1-2-12-25-17-11-10-14(20)13-16(17)18(24)23-19(21)22-15-8-6-4-3-5-7-9-15/h10-11,13,15H,2-9,12H2,1H3,(H3,21,22,23,24). The Balaban J connectivity index is 2.04. The van der Waals surface area contributed by atoms with Crippen molar-refractivity contribution in [3.05, 3.63) is 28.2 Å². The van der Waals surface area contributed by atoms with Gasteiger partial charge in [-0.2, -0.15) is 0 Å². The number of hydrogen-bond donors (Lipinski definition) is 2. The number of ether oxygens (including phenoxy) is 1. The molecule has 0 aliphatic heterocycles. The maximum atomic E-state index is 12.6. The number of nitrogens with zero attached hydrogens (tertiary/aromatic N) is 1. The summed E-state index contributed by atoms with van der Waals surface area (Å²) in [6.45, 7) is 2.59. The van der Waals surface area contributed by atoms with Gasteiger partial charge in [0.25, 0.3) is 5.91 Å². The van der Waals surface area contributed by atoms with Gasteiger partial charge in [-0.1, -0.05) is 55.0 Å². The second kappa shape index (κ2) is 10.4. The molecule has 2 rings (SSSR count). The van der Waals surface area contributed by atoms with Gasteiger partial charge in [0, 0.05) is 4.47 Å². The van der Waals surface area contributed by atoms with E-state index in [4.69, 9.17) is 10.5 Å². The van der Waals surface area contributed by atoms with Crippen molar-refractivity contribution in [2.24, 2.45) is 10.7 Å². The molecular formula is C19H28BrN3O2. The highest BCUT2D eigenvalue weighted by molar-refractivity contribution is 9.10. The molecule has 1 aliphatic rings. The molecule has 1 saturated carbocycles. The van der Waals surface area contributed by atoms with Crippen LogP contribution in [0, 0.1) is 0 Å². The molecule has 0 bridgehead atoms. The van der Waals surface area contributed by atoms with E-state index in [1.165, 1.54) is 32.1 Å². The Hall–Kier alpha value is -1.56. The Labute approximate surface area is 158 Å². The second-order valence-corrected chi connectivity index (χ2v) is 7.37. The summed E-state index contributed by atoms with van der Waals surface area (Å²) in [6.07, 6.45) is 9.14. The van der Waals surface area contributed by atoms with E-state index < -0.39 is 0 Å². The quantitative estimate of drug-likeness (QED) is 0.558. The van der Waals surface area contributed by atoms with Crippen LogP contribution in [0.4, 0.5) is 0 Å². The monoisotopic (exact) mass is 409 g/mol. The summed E-state index contributed by atoms with van der Waals surface area (Å²) in [4.78, 5) is 17.1. The predicted octanol–water partition coefficient (Wildman–Crippen LogP) is 4.40. The van der Waals surface area contributed by atoms with Crippen molar-refractivity contribution >= 4 is 27.8 Å². The van der Waals surface area contributed by atoms with Crippen LogP contribution >= 0.6 is 15.9 Å². The SMILES string of the molecule is CCCOc1ccc(Br)cc1C(=O)NC(N)=NC1CCCCCCC1. The number of carbonyl (C=O) groups is 1. The molecule has 5 nitrogen and oxygen atoms in total. The fraction of sp³-hybridized carbons (Fsp3) is 0.579. The minimum Gasteiger partial charge on any atom is -0.493 e. The van der Waals surface area contributed by atoms with Crippen LogP contribution in [-0.4, -0.2) is 24.5 Å². The van der Waals surface area contributed by atoms with Gasteiger partial charge in [-0.3, -0.25) is 10.1 Å². The molecule has 1 aliphatic carbocycles. The summed E-state index contributed by atoms with van der Waals surface area (Å²) in [7, 11) is 0. The maximum Gasteiger partial charge on any atom is 0.261 e. The fourth-order valence-corrected chi connectivity index (χ4v) is 3.35. The molecule has 0 radical (unpaired) electrons. The predicted molar refractivity (Wildman–Crippen MR) is 105 cm³/mol. The Bertz CT molecular complexity index is 596. The molecule has 6 heteroatoms. The zero-order chi connectivity index (χ0) is 18.1. The molecule has 25 heavy (non-hydrogen) atoms. The van der Waals surface area contributed by atoms with Crippen LogP contribution in [0.1, 0.15) is 68.6 Å². The molecule has 0 unspecified atom stereocenters. The Morgan fingerprint density at radius 3 is 2.64 bits per heavy atom. The molecule has 1 amide bonds. The summed E-state index contributed by atoms with van der Waals surface area (Å²) in [5.74, 6) is 0.456. The van der Waals surface area contributed by atoms with Crippen LogP contribution in [-0.2, 0) is 0 Å². The molecule has 0 spiro atoms. The summed E-state index contributed by atoms with van der Waals surface area (Å²) < 4.78 is 6.48. The lowest BCUT2D eigenvalue weighted by molar-refractivity contribution is 0.0972. The number of halogens is 1. The van der Waals surface area contributed by atoms with Gasteiger partial charge in [-0.15, -0.1) is 0 Å². The number of benzene rings is 1. The van der Waals surface area contributed by atoms with Crippen LogP contribution in [0.3, 0.4) is 0 Å². The van der Waals surface area contributed by atoms with Crippen molar-refractivity contribution in [2.45, 2.75) is 64.3 Å². The number of aliphatic imine (C=N–C) groups is 1. The van der Waals surface area contributed by atoms with E-state index in [0.29, 0.717) is 17.9 Å². The fourth-order valence-electron chi connectivity index (χ4n) is 2.99. The van der Waals surface area contributed by atoms with E-state index in [2.05, 4.69) is 26.2 Å². The van der Waals surface area contributed by atoms with Crippen LogP contribution in [0.5, 0.6) is 5.75 Å². The van der Waals surface area contributed by atoms with Crippen LogP contribution < -0.4 is 15.8 Å². The van der Waals surface area contributed by atoms with Gasteiger partial charge in [-0.05, 0) is 37.5 Å². The molecular weight excluding hydrogens is 382 g/mol. The lowest BCUT2D eigenvalue weighted by Gasteiger charge is -2.17. The van der Waals surface area contributed by atoms with Gasteiger partial charge in [0.1, 0.15) is 5.75 Å². The van der Waals surface area contributed by atoms with Crippen molar-refractivity contribution in [1.29, 1.82) is 0 Å².